The molecule has 1 aromatic rings. The number of hydrogen-bond acceptors (Lipinski definition) is 2. The summed E-state index contributed by atoms with van der Waals surface area (Å²) in [5.41, 5.74) is 1.46. The maximum absolute atomic E-state index is 3.62. The summed E-state index contributed by atoms with van der Waals surface area (Å²) < 4.78 is 0. The third-order valence-electron chi connectivity index (χ3n) is 4.09. The molecule has 0 aliphatic carbocycles. The predicted molar refractivity (Wildman–Crippen MR) is 82.4 cm³/mol. The van der Waals surface area contributed by atoms with Crippen LogP contribution in [0, 0.1) is 0 Å². The fourth-order valence-electron chi connectivity index (χ4n) is 2.98. The highest BCUT2D eigenvalue weighted by Gasteiger charge is 2.26. The number of nitrogens with zero attached hydrogens (tertiary/aromatic N) is 1. The van der Waals surface area contributed by atoms with E-state index in [2.05, 4.69) is 54.4 Å². The Balaban J connectivity index is 1.94. The summed E-state index contributed by atoms with van der Waals surface area (Å²) >= 11 is 0. The molecule has 2 atom stereocenters. The van der Waals surface area contributed by atoms with Gasteiger partial charge in [0.05, 0.1) is 0 Å². The average molecular weight is 260 g/mol. The van der Waals surface area contributed by atoms with Crippen LogP contribution in [0.2, 0.25) is 0 Å². The smallest absolute Gasteiger partial charge is 0.0473 e. The van der Waals surface area contributed by atoms with Gasteiger partial charge < -0.3 is 5.32 Å². The first-order valence-corrected chi connectivity index (χ1v) is 7.83. The van der Waals surface area contributed by atoms with Crippen molar-refractivity contribution in [2.24, 2.45) is 0 Å². The van der Waals surface area contributed by atoms with Gasteiger partial charge in [-0.2, -0.15) is 0 Å². The van der Waals surface area contributed by atoms with Crippen molar-refractivity contribution in [2.45, 2.75) is 51.6 Å². The normalized spacial score (nSPS) is 24.5. The van der Waals surface area contributed by atoms with E-state index in [1.54, 1.807) is 0 Å². The maximum atomic E-state index is 3.62. The van der Waals surface area contributed by atoms with E-state index in [0.29, 0.717) is 12.1 Å². The number of piperazine rings is 1. The van der Waals surface area contributed by atoms with E-state index < -0.39 is 0 Å². The Morgan fingerprint density at radius 2 is 1.95 bits per heavy atom. The number of hydrogen-bond donors (Lipinski definition) is 1. The van der Waals surface area contributed by atoms with Crippen molar-refractivity contribution >= 4 is 0 Å². The molecule has 0 amide bonds. The van der Waals surface area contributed by atoms with Gasteiger partial charge in [0.25, 0.3) is 0 Å². The zero-order chi connectivity index (χ0) is 13.5. The molecule has 0 aromatic heterocycles. The number of benzene rings is 1. The quantitative estimate of drug-likeness (QED) is 0.786. The van der Waals surface area contributed by atoms with E-state index in [-0.39, 0.29) is 0 Å². The SMILES string of the molecule is CCCCCCN1CC(C)NCC1c1ccccc1. The lowest BCUT2D eigenvalue weighted by molar-refractivity contribution is 0.133. The van der Waals surface area contributed by atoms with Crippen LogP contribution in [0.4, 0.5) is 0 Å². The van der Waals surface area contributed by atoms with Crippen LogP contribution in [0.5, 0.6) is 0 Å². The zero-order valence-electron chi connectivity index (χ0n) is 12.4. The predicted octanol–water partition coefficient (Wildman–Crippen LogP) is 3.60. The number of nitrogens with one attached hydrogen (secondary N) is 1. The second kappa shape index (κ2) is 7.66. The molecule has 1 aliphatic heterocycles. The Hall–Kier alpha value is -0.860. The molecular weight excluding hydrogens is 232 g/mol. The van der Waals surface area contributed by atoms with Crippen LogP contribution in [0.15, 0.2) is 30.3 Å². The second-order valence-electron chi connectivity index (χ2n) is 5.79. The minimum absolute atomic E-state index is 0.555. The van der Waals surface area contributed by atoms with Gasteiger partial charge in [-0.25, -0.2) is 0 Å². The third-order valence-corrected chi connectivity index (χ3v) is 4.09. The van der Waals surface area contributed by atoms with Crippen LogP contribution in [-0.4, -0.2) is 30.6 Å². The standard InChI is InChI=1S/C17H28N2/c1-3-4-5-9-12-19-14-15(2)18-13-17(19)16-10-7-6-8-11-16/h6-8,10-11,15,17-18H,3-5,9,12-14H2,1-2H3. The lowest BCUT2D eigenvalue weighted by Crippen LogP contribution is -2.51. The van der Waals surface area contributed by atoms with E-state index in [9.17, 15) is 0 Å². The molecule has 1 aromatic carbocycles. The van der Waals surface area contributed by atoms with Gasteiger partial charge in [0, 0.05) is 25.2 Å². The van der Waals surface area contributed by atoms with Gasteiger partial charge in [0.1, 0.15) is 0 Å². The van der Waals surface area contributed by atoms with Gasteiger partial charge in [-0.3, -0.25) is 4.90 Å². The Morgan fingerprint density at radius 3 is 2.68 bits per heavy atom. The molecule has 2 unspecified atom stereocenters. The van der Waals surface area contributed by atoms with Gasteiger partial charge in [0.15, 0.2) is 0 Å². The molecule has 19 heavy (non-hydrogen) atoms. The van der Waals surface area contributed by atoms with Crippen molar-refractivity contribution in [3.05, 3.63) is 35.9 Å². The molecule has 2 heteroatoms. The number of unbranched alkanes of at least 4 members (excludes halogenated alkanes) is 3. The summed E-state index contributed by atoms with van der Waals surface area (Å²) in [6, 6.07) is 12.1. The maximum Gasteiger partial charge on any atom is 0.0473 e. The fraction of sp³-hybridized carbons (Fsp3) is 0.647. The third kappa shape index (κ3) is 4.32. The highest BCUT2D eigenvalue weighted by molar-refractivity contribution is 5.20. The monoisotopic (exact) mass is 260 g/mol. The van der Waals surface area contributed by atoms with Crippen molar-refractivity contribution in [1.82, 2.24) is 10.2 Å². The molecule has 1 aliphatic rings. The van der Waals surface area contributed by atoms with Gasteiger partial charge >= 0.3 is 0 Å². The molecule has 1 N–H and O–H groups in total. The Bertz CT molecular complexity index is 350. The molecular formula is C17H28N2. The molecule has 0 saturated carbocycles. The van der Waals surface area contributed by atoms with Gasteiger partial charge in [-0.1, -0.05) is 56.5 Å². The minimum atomic E-state index is 0.555. The van der Waals surface area contributed by atoms with Crippen molar-refractivity contribution in [3.8, 4) is 0 Å². The molecule has 106 valence electrons. The zero-order valence-corrected chi connectivity index (χ0v) is 12.4. The van der Waals surface area contributed by atoms with Crippen LogP contribution in [-0.2, 0) is 0 Å². The molecule has 1 saturated heterocycles. The van der Waals surface area contributed by atoms with Crippen LogP contribution in [0.3, 0.4) is 0 Å². The summed E-state index contributed by atoms with van der Waals surface area (Å²) in [5, 5.41) is 3.62. The molecule has 0 radical (unpaired) electrons. The van der Waals surface area contributed by atoms with E-state index in [4.69, 9.17) is 0 Å². The van der Waals surface area contributed by atoms with Crippen LogP contribution in [0.25, 0.3) is 0 Å². The highest BCUT2D eigenvalue weighted by atomic mass is 15.2. The Morgan fingerprint density at radius 1 is 1.16 bits per heavy atom. The summed E-state index contributed by atoms with van der Waals surface area (Å²) in [6.45, 7) is 8.07. The topological polar surface area (TPSA) is 15.3 Å². The van der Waals surface area contributed by atoms with Crippen molar-refractivity contribution in [2.75, 3.05) is 19.6 Å². The van der Waals surface area contributed by atoms with Crippen molar-refractivity contribution in [3.63, 3.8) is 0 Å². The summed E-state index contributed by atoms with van der Waals surface area (Å²) in [6.07, 6.45) is 5.40. The van der Waals surface area contributed by atoms with Crippen LogP contribution >= 0.6 is 0 Å². The Labute approximate surface area is 118 Å². The van der Waals surface area contributed by atoms with E-state index >= 15 is 0 Å². The van der Waals surface area contributed by atoms with E-state index in [1.807, 2.05) is 0 Å². The first-order valence-electron chi connectivity index (χ1n) is 7.83. The fourth-order valence-corrected chi connectivity index (χ4v) is 2.98. The minimum Gasteiger partial charge on any atom is -0.311 e. The van der Waals surface area contributed by atoms with Crippen molar-refractivity contribution < 1.29 is 0 Å². The molecule has 1 fully saturated rings. The molecule has 2 rings (SSSR count). The molecule has 2 nitrogen and oxygen atoms in total. The lowest BCUT2D eigenvalue weighted by Gasteiger charge is -2.39. The number of rotatable bonds is 6. The highest BCUT2D eigenvalue weighted by Crippen LogP contribution is 2.23. The van der Waals surface area contributed by atoms with Gasteiger partial charge in [-0.15, -0.1) is 0 Å². The van der Waals surface area contributed by atoms with E-state index in [0.717, 1.165) is 6.54 Å². The van der Waals surface area contributed by atoms with E-state index in [1.165, 1.54) is 44.3 Å². The molecule has 0 spiro atoms. The van der Waals surface area contributed by atoms with Crippen LogP contribution < -0.4 is 5.32 Å². The molecule has 0 bridgehead atoms. The summed E-state index contributed by atoms with van der Waals surface area (Å²) in [4.78, 5) is 2.67. The van der Waals surface area contributed by atoms with Crippen LogP contribution in [0.1, 0.15) is 51.1 Å². The Kier molecular flexibility index (Phi) is 5.87. The van der Waals surface area contributed by atoms with Crippen molar-refractivity contribution in [1.29, 1.82) is 0 Å². The summed E-state index contributed by atoms with van der Waals surface area (Å²) in [5.74, 6) is 0. The second-order valence-corrected chi connectivity index (χ2v) is 5.79. The first-order chi connectivity index (χ1) is 9.31. The van der Waals surface area contributed by atoms with Gasteiger partial charge in [-0.05, 0) is 25.5 Å². The molecule has 1 heterocycles. The largest absolute Gasteiger partial charge is 0.311 e. The lowest BCUT2D eigenvalue weighted by atomic mass is 10.0. The summed E-state index contributed by atoms with van der Waals surface area (Å²) in [7, 11) is 0. The average Bonchev–Trinajstić information content (AvgIpc) is 2.45. The first kappa shape index (κ1) is 14.5. The van der Waals surface area contributed by atoms with Gasteiger partial charge in [0.2, 0.25) is 0 Å².